The van der Waals surface area contributed by atoms with Gasteiger partial charge in [0.25, 0.3) is 0 Å². The molecule has 0 saturated heterocycles. The van der Waals surface area contributed by atoms with Crippen molar-refractivity contribution in [2.75, 3.05) is 0 Å². The summed E-state index contributed by atoms with van der Waals surface area (Å²) in [6.45, 7) is 5.73. The summed E-state index contributed by atoms with van der Waals surface area (Å²) in [7, 11) is 0. The van der Waals surface area contributed by atoms with Crippen molar-refractivity contribution in [3.05, 3.63) is 21.9 Å². The van der Waals surface area contributed by atoms with Crippen LogP contribution in [0.2, 0.25) is 0 Å². The van der Waals surface area contributed by atoms with Crippen molar-refractivity contribution in [3.8, 4) is 0 Å². The van der Waals surface area contributed by atoms with Gasteiger partial charge in [0.15, 0.2) is 0 Å². The first-order chi connectivity index (χ1) is 7.97. The van der Waals surface area contributed by atoms with Crippen molar-refractivity contribution in [1.29, 1.82) is 0 Å². The zero-order chi connectivity index (χ0) is 12.5. The van der Waals surface area contributed by atoms with Crippen molar-refractivity contribution in [3.63, 3.8) is 0 Å². The highest BCUT2D eigenvalue weighted by Crippen LogP contribution is 2.37. The average Bonchev–Trinajstić information content (AvgIpc) is 2.85. The summed E-state index contributed by atoms with van der Waals surface area (Å²) >= 11 is 1.61. The maximum atomic E-state index is 12.1. The second kappa shape index (κ2) is 4.81. The average molecular weight is 252 g/mol. The lowest BCUT2D eigenvalue weighted by Crippen LogP contribution is -2.24. The van der Waals surface area contributed by atoms with Gasteiger partial charge in [-0.15, -0.1) is 0 Å². The molecule has 3 heteroatoms. The van der Waals surface area contributed by atoms with E-state index in [9.17, 15) is 4.79 Å². The first-order valence-electron chi connectivity index (χ1n) is 6.27. The maximum Gasteiger partial charge on any atom is 0.339 e. The topological polar surface area (TPSA) is 26.3 Å². The molecule has 1 heterocycles. The fraction of sp³-hybridized carbons (Fsp3) is 0.643. The van der Waals surface area contributed by atoms with Crippen molar-refractivity contribution in [1.82, 2.24) is 0 Å². The molecular formula is C14H20O2S. The van der Waals surface area contributed by atoms with Crippen molar-refractivity contribution in [2.24, 2.45) is 0 Å². The Hall–Kier alpha value is -0.830. The highest BCUT2D eigenvalue weighted by molar-refractivity contribution is 7.08. The number of ether oxygens (including phenoxy) is 1. The summed E-state index contributed by atoms with van der Waals surface area (Å²) in [4.78, 5) is 12.1. The largest absolute Gasteiger partial charge is 0.456 e. The van der Waals surface area contributed by atoms with E-state index in [1.807, 2.05) is 26.2 Å². The van der Waals surface area contributed by atoms with E-state index >= 15 is 0 Å². The Bertz CT molecular complexity index is 395. The second-order valence-corrected chi connectivity index (χ2v) is 6.47. The molecule has 0 spiro atoms. The van der Waals surface area contributed by atoms with E-state index in [1.165, 1.54) is 31.2 Å². The molecule has 0 bridgehead atoms. The van der Waals surface area contributed by atoms with Gasteiger partial charge in [0.2, 0.25) is 0 Å². The Morgan fingerprint density at radius 1 is 1.29 bits per heavy atom. The van der Waals surface area contributed by atoms with Crippen LogP contribution in [0.4, 0.5) is 0 Å². The van der Waals surface area contributed by atoms with E-state index in [2.05, 4.69) is 5.38 Å². The molecule has 94 valence electrons. The number of thiophene rings is 1. The first-order valence-corrected chi connectivity index (χ1v) is 7.21. The predicted octanol–water partition coefficient (Wildman–Crippen LogP) is 4.36. The molecule has 0 atom stereocenters. The molecule has 0 aliphatic heterocycles. The van der Waals surface area contributed by atoms with E-state index < -0.39 is 5.60 Å². The molecule has 1 saturated carbocycles. The summed E-state index contributed by atoms with van der Waals surface area (Å²) < 4.78 is 5.45. The Labute approximate surface area is 107 Å². The molecule has 2 rings (SSSR count). The van der Waals surface area contributed by atoms with E-state index in [0.717, 1.165) is 5.56 Å². The smallest absolute Gasteiger partial charge is 0.339 e. The molecule has 2 nitrogen and oxygen atoms in total. The lowest BCUT2D eigenvalue weighted by atomic mass is 9.97. The van der Waals surface area contributed by atoms with Gasteiger partial charge in [-0.05, 0) is 50.5 Å². The third-order valence-electron chi connectivity index (χ3n) is 3.11. The van der Waals surface area contributed by atoms with Crippen LogP contribution in [0.25, 0.3) is 0 Å². The van der Waals surface area contributed by atoms with Crippen molar-refractivity contribution in [2.45, 2.75) is 58.0 Å². The van der Waals surface area contributed by atoms with Crippen LogP contribution in [-0.4, -0.2) is 11.6 Å². The molecular weight excluding hydrogens is 232 g/mol. The summed E-state index contributed by atoms with van der Waals surface area (Å²) in [6.07, 6.45) is 5.00. The second-order valence-electron chi connectivity index (χ2n) is 5.72. The summed E-state index contributed by atoms with van der Waals surface area (Å²) in [5.74, 6) is 0.407. The van der Waals surface area contributed by atoms with Gasteiger partial charge in [0.1, 0.15) is 5.60 Å². The van der Waals surface area contributed by atoms with Crippen LogP contribution in [-0.2, 0) is 4.74 Å². The molecule has 1 aromatic rings. The van der Waals surface area contributed by atoms with Crippen LogP contribution < -0.4 is 0 Å². The third kappa shape index (κ3) is 3.09. The number of carbonyl (C=O) groups excluding carboxylic acids is 1. The number of hydrogen-bond acceptors (Lipinski definition) is 3. The molecule has 0 unspecified atom stereocenters. The van der Waals surface area contributed by atoms with Crippen LogP contribution in [0.15, 0.2) is 10.8 Å². The Kier molecular flexibility index (Phi) is 3.57. The minimum absolute atomic E-state index is 0.166. The zero-order valence-corrected chi connectivity index (χ0v) is 11.6. The van der Waals surface area contributed by atoms with Gasteiger partial charge in [0, 0.05) is 5.38 Å². The van der Waals surface area contributed by atoms with E-state index in [1.54, 1.807) is 11.3 Å². The number of esters is 1. The lowest BCUT2D eigenvalue weighted by molar-refractivity contribution is 0.00685. The highest BCUT2D eigenvalue weighted by atomic mass is 32.1. The molecule has 0 aromatic carbocycles. The number of carbonyl (C=O) groups is 1. The zero-order valence-electron chi connectivity index (χ0n) is 10.8. The number of rotatable bonds is 2. The lowest BCUT2D eigenvalue weighted by Gasteiger charge is -2.20. The number of hydrogen-bond donors (Lipinski definition) is 0. The van der Waals surface area contributed by atoms with Crippen LogP contribution in [0.1, 0.15) is 68.3 Å². The highest BCUT2D eigenvalue weighted by Gasteiger charge is 2.26. The van der Waals surface area contributed by atoms with Gasteiger partial charge in [-0.1, -0.05) is 12.8 Å². The Morgan fingerprint density at radius 2 is 1.94 bits per heavy atom. The van der Waals surface area contributed by atoms with Crippen LogP contribution >= 0.6 is 11.3 Å². The molecule has 1 aliphatic rings. The van der Waals surface area contributed by atoms with Crippen molar-refractivity contribution < 1.29 is 9.53 Å². The molecule has 0 radical (unpaired) electrons. The Morgan fingerprint density at radius 3 is 2.53 bits per heavy atom. The normalized spacial score (nSPS) is 17.4. The van der Waals surface area contributed by atoms with Gasteiger partial charge in [0.05, 0.1) is 5.56 Å². The fourth-order valence-electron chi connectivity index (χ4n) is 2.36. The van der Waals surface area contributed by atoms with Crippen LogP contribution in [0.5, 0.6) is 0 Å². The van der Waals surface area contributed by atoms with Gasteiger partial charge < -0.3 is 4.74 Å². The van der Waals surface area contributed by atoms with Gasteiger partial charge >= 0.3 is 5.97 Å². The molecule has 0 N–H and O–H groups in total. The van der Waals surface area contributed by atoms with Gasteiger partial charge in [-0.2, -0.15) is 11.3 Å². The predicted molar refractivity (Wildman–Crippen MR) is 70.7 cm³/mol. The minimum Gasteiger partial charge on any atom is -0.456 e. The first kappa shape index (κ1) is 12.6. The van der Waals surface area contributed by atoms with E-state index in [0.29, 0.717) is 5.92 Å². The SMILES string of the molecule is CC(C)(C)OC(=O)c1cscc1C1CCCC1. The molecule has 1 aliphatic carbocycles. The van der Waals surface area contributed by atoms with Gasteiger partial charge in [-0.25, -0.2) is 4.79 Å². The van der Waals surface area contributed by atoms with Crippen LogP contribution in [0, 0.1) is 0 Å². The Balaban J connectivity index is 2.15. The van der Waals surface area contributed by atoms with Crippen molar-refractivity contribution >= 4 is 17.3 Å². The van der Waals surface area contributed by atoms with Gasteiger partial charge in [-0.3, -0.25) is 0 Å². The molecule has 17 heavy (non-hydrogen) atoms. The molecule has 0 amide bonds. The summed E-state index contributed by atoms with van der Waals surface area (Å²) in [5.41, 5.74) is 1.59. The standard InChI is InChI=1S/C14H20O2S/c1-14(2,3)16-13(15)12-9-17-8-11(12)10-6-4-5-7-10/h8-10H,4-7H2,1-3H3. The fourth-order valence-corrected chi connectivity index (χ4v) is 3.26. The van der Waals surface area contributed by atoms with Crippen LogP contribution in [0.3, 0.4) is 0 Å². The molecule has 1 aromatic heterocycles. The van der Waals surface area contributed by atoms with E-state index in [4.69, 9.17) is 4.74 Å². The minimum atomic E-state index is -0.411. The monoisotopic (exact) mass is 252 g/mol. The van der Waals surface area contributed by atoms with E-state index in [-0.39, 0.29) is 5.97 Å². The quantitative estimate of drug-likeness (QED) is 0.731. The third-order valence-corrected chi connectivity index (χ3v) is 3.87. The molecule has 1 fully saturated rings. The summed E-state index contributed by atoms with van der Waals surface area (Å²) in [5, 5.41) is 4.05. The summed E-state index contributed by atoms with van der Waals surface area (Å²) in [6, 6.07) is 0. The maximum absolute atomic E-state index is 12.1.